The molecule has 2 aliphatic heterocycles. The Kier molecular flexibility index (Phi) is 7.73. The van der Waals surface area contributed by atoms with Crippen LogP contribution in [0.4, 0.5) is 14.6 Å². The summed E-state index contributed by atoms with van der Waals surface area (Å²) in [6.07, 6.45) is 1.19. The number of halogens is 2. The normalized spacial score (nSPS) is 20.8. The van der Waals surface area contributed by atoms with Gasteiger partial charge in [0.05, 0.1) is 32.0 Å². The Morgan fingerprint density at radius 1 is 1.30 bits per heavy atom. The predicted molar refractivity (Wildman–Crippen MR) is 123 cm³/mol. The van der Waals surface area contributed by atoms with Gasteiger partial charge in [-0.1, -0.05) is 6.07 Å². The van der Waals surface area contributed by atoms with Gasteiger partial charge in [0.2, 0.25) is 0 Å². The molecule has 176 valence electrons. The fourth-order valence-electron chi connectivity index (χ4n) is 3.65. The Hall–Kier alpha value is -2.76. The topological polar surface area (TPSA) is 83.8 Å². The summed E-state index contributed by atoms with van der Waals surface area (Å²) in [6, 6.07) is 9.60. The molecule has 0 bridgehead atoms. The van der Waals surface area contributed by atoms with E-state index in [2.05, 4.69) is 33.3 Å². The Labute approximate surface area is 195 Å². The molecule has 0 spiro atoms. The molecule has 0 saturated carbocycles. The molecule has 11 heteroatoms. The number of thiol groups is 1. The van der Waals surface area contributed by atoms with Gasteiger partial charge in [-0.2, -0.15) is 0 Å². The van der Waals surface area contributed by atoms with E-state index in [0.29, 0.717) is 61.3 Å². The first kappa shape index (κ1) is 23.4. The predicted octanol–water partition coefficient (Wildman–Crippen LogP) is 2.11. The summed E-state index contributed by atoms with van der Waals surface area (Å²) in [6.45, 7) is 3.50. The average molecular weight is 477 g/mol. The van der Waals surface area contributed by atoms with Crippen LogP contribution in [0.3, 0.4) is 0 Å². The number of aromatic nitrogens is 3. The quantitative estimate of drug-likeness (QED) is 0.503. The highest BCUT2D eigenvalue weighted by Crippen LogP contribution is 2.20. The molecule has 2 atom stereocenters. The van der Waals surface area contributed by atoms with E-state index in [-0.39, 0.29) is 17.8 Å². The van der Waals surface area contributed by atoms with Crippen LogP contribution in [0.15, 0.2) is 47.5 Å². The first-order valence-electron chi connectivity index (χ1n) is 10.8. The molecule has 1 amide bonds. The highest BCUT2D eigenvalue weighted by molar-refractivity contribution is 7.80. The lowest BCUT2D eigenvalue weighted by Gasteiger charge is -2.17. The number of benzene rings is 1. The van der Waals surface area contributed by atoms with Gasteiger partial charge in [0, 0.05) is 24.5 Å². The van der Waals surface area contributed by atoms with E-state index in [1.54, 1.807) is 18.2 Å². The maximum Gasteiger partial charge on any atom is 0.271 e. The minimum Gasteiger partial charge on any atom is -0.378 e. The van der Waals surface area contributed by atoms with Crippen molar-refractivity contribution >= 4 is 30.0 Å². The Morgan fingerprint density at radius 3 is 2.91 bits per heavy atom. The molecule has 0 radical (unpaired) electrons. The number of rotatable bonds is 3. The summed E-state index contributed by atoms with van der Waals surface area (Å²) < 4.78 is 32.5. The van der Waals surface area contributed by atoms with Gasteiger partial charge in [-0.15, -0.1) is 17.7 Å². The molecular weight excluding hydrogens is 450 g/mol. The standard InChI is InChI=1S/C16H21FN6O2.C6H5FS/c17-11-3-5-22(9-11)15-2-1-14-19-8-13(23(14)21-15)16(24)20-12-7-18-4-6-25-10-12;7-5-2-1-3-6(8)4-5/h1-2,8,11-12,18H,3-7,9-10H2,(H,20,24);1-4,8H. The van der Waals surface area contributed by atoms with Crippen molar-refractivity contribution in [3.8, 4) is 0 Å². The average Bonchev–Trinajstić information content (AvgIpc) is 3.33. The Bertz CT molecular complexity index is 1070. The SMILES string of the molecule is Fc1cccc(S)c1.O=C(NC1CNCCOC1)c1cnc2ccc(N3CCC(F)C3)nn12. The van der Waals surface area contributed by atoms with Crippen molar-refractivity contribution in [2.24, 2.45) is 0 Å². The summed E-state index contributed by atoms with van der Waals surface area (Å²) in [5.41, 5.74) is 0.942. The lowest BCUT2D eigenvalue weighted by atomic mass is 10.3. The molecule has 8 nitrogen and oxygen atoms in total. The summed E-state index contributed by atoms with van der Waals surface area (Å²) in [5.74, 6) is 0.163. The maximum atomic E-state index is 13.4. The van der Waals surface area contributed by atoms with Crippen molar-refractivity contribution in [2.75, 3.05) is 44.3 Å². The number of imidazole rings is 1. The number of hydrogen-bond acceptors (Lipinski definition) is 7. The number of hydrogen-bond donors (Lipinski definition) is 3. The summed E-state index contributed by atoms with van der Waals surface area (Å²) >= 11 is 3.91. The van der Waals surface area contributed by atoms with Gasteiger partial charge < -0.3 is 20.3 Å². The third-order valence-corrected chi connectivity index (χ3v) is 5.59. The van der Waals surface area contributed by atoms with Gasteiger partial charge in [0.25, 0.3) is 5.91 Å². The van der Waals surface area contributed by atoms with E-state index >= 15 is 0 Å². The highest BCUT2D eigenvalue weighted by atomic mass is 32.1. The number of nitrogens with one attached hydrogen (secondary N) is 2. The van der Waals surface area contributed by atoms with Gasteiger partial charge in [-0.05, 0) is 36.8 Å². The second-order valence-corrected chi connectivity index (χ2v) is 8.38. The second-order valence-electron chi connectivity index (χ2n) is 7.87. The number of ether oxygens (including phenoxy) is 1. The van der Waals surface area contributed by atoms with Crippen LogP contribution in [-0.4, -0.2) is 72.1 Å². The molecule has 2 fully saturated rings. The third kappa shape index (κ3) is 6.18. The van der Waals surface area contributed by atoms with Crippen molar-refractivity contribution in [3.05, 3.63) is 54.1 Å². The largest absolute Gasteiger partial charge is 0.378 e. The zero-order chi connectivity index (χ0) is 23.2. The van der Waals surface area contributed by atoms with Crippen LogP contribution in [-0.2, 0) is 4.74 Å². The van der Waals surface area contributed by atoms with E-state index in [4.69, 9.17) is 4.74 Å². The zero-order valence-electron chi connectivity index (χ0n) is 18.0. The Morgan fingerprint density at radius 2 is 2.18 bits per heavy atom. The van der Waals surface area contributed by atoms with Crippen molar-refractivity contribution in [1.82, 2.24) is 25.2 Å². The van der Waals surface area contributed by atoms with Gasteiger partial charge in [-0.25, -0.2) is 18.3 Å². The fraction of sp³-hybridized carbons (Fsp3) is 0.409. The number of nitrogens with zero attached hydrogens (tertiary/aromatic N) is 4. The first-order valence-corrected chi connectivity index (χ1v) is 11.2. The van der Waals surface area contributed by atoms with Crippen molar-refractivity contribution in [3.63, 3.8) is 0 Å². The van der Waals surface area contributed by atoms with Crippen LogP contribution in [0.25, 0.3) is 5.65 Å². The molecule has 4 heterocycles. The molecule has 2 aromatic heterocycles. The van der Waals surface area contributed by atoms with Gasteiger partial charge in [0.1, 0.15) is 17.8 Å². The lowest BCUT2D eigenvalue weighted by molar-refractivity contribution is 0.0877. The van der Waals surface area contributed by atoms with Gasteiger partial charge >= 0.3 is 0 Å². The van der Waals surface area contributed by atoms with Crippen LogP contribution in [0.2, 0.25) is 0 Å². The molecule has 2 unspecified atom stereocenters. The Balaban J connectivity index is 0.000000275. The highest BCUT2D eigenvalue weighted by Gasteiger charge is 2.24. The summed E-state index contributed by atoms with van der Waals surface area (Å²) in [5, 5.41) is 10.7. The van der Waals surface area contributed by atoms with Crippen LogP contribution >= 0.6 is 12.6 Å². The first-order chi connectivity index (χ1) is 16.0. The molecular formula is C22H26F2N6O2S. The smallest absolute Gasteiger partial charge is 0.271 e. The molecule has 33 heavy (non-hydrogen) atoms. The van der Waals surface area contributed by atoms with Gasteiger partial charge in [-0.3, -0.25) is 4.79 Å². The van der Waals surface area contributed by atoms with Crippen LogP contribution in [0.5, 0.6) is 0 Å². The number of anilines is 1. The number of carbonyl (C=O) groups excluding carboxylic acids is 1. The molecule has 0 aliphatic carbocycles. The number of alkyl halides is 1. The van der Waals surface area contributed by atoms with E-state index in [9.17, 15) is 13.6 Å². The van der Waals surface area contributed by atoms with Crippen LogP contribution in [0, 0.1) is 5.82 Å². The molecule has 2 aliphatic rings. The monoisotopic (exact) mass is 476 g/mol. The molecule has 5 rings (SSSR count). The van der Waals surface area contributed by atoms with Crippen molar-refractivity contribution in [1.29, 1.82) is 0 Å². The molecule has 3 aromatic rings. The molecule has 1 aromatic carbocycles. The summed E-state index contributed by atoms with van der Waals surface area (Å²) in [4.78, 5) is 19.4. The number of amides is 1. The second kappa shape index (κ2) is 10.9. The minimum atomic E-state index is -0.828. The van der Waals surface area contributed by atoms with Crippen molar-refractivity contribution < 1.29 is 18.3 Å². The van der Waals surface area contributed by atoms with E-state index in [1.165, 1.54) is 22.8 Å². The third-order valence-electron chi connectivity index (χ3n) is 5.31. The van der Waals surface area contributed by atoms with E-state index in [0.717, 1.165) is 6.54 Å². The van der Waals surface area contributed by atoms with Crippen LogP contribution < -0.4 is 15.5 Å². The molecule has 2 saturated heterocycles. The zero-order valence-corrected chi connectivity index (χ0v) is 18.8. The van der Waals surface area contributed by atoms with E-state index in [1.807, 2.05) is 11.0 Å². The van der Waals surface area contributed by atoms with Gasteiger partial charge in [0.15, 0.2) is 11.3 Å². The summed E-state index contributed by atoms with van der Waals surface area (Å²) in [7, 11) is 0. The number of carbonyl (C=O) groups is 1. The number of fused-ring (bicyclic) bond motifs is 1. The minimum absolute atomic E-state index is 0.102. The van der Waals surface area contributed by atoms with Crippen molar-refractivity contribution in [2.45, 2.75) is 23.5 Å². The van der Waals surface area contributed by atoms with Crippen LogP contribution in [0.1, 0.15) is 16.9 Å². The lowest BCUT2D eigenvalue weighted by Crippen LogP contribution is -2.43. The molecule has 2 N–H and O–H groups in total. The fourth-order valence-corrected chi connectivity index (χ4v) is 3.86. The van der Waals surface area contributed by atoms with E-state index < -0.39 is 6.17 Å². The maximum absolute atomic E-state index is 13.4.